The van der Waals surface area contributed by atoms with Crippen LogP contribution in [0.1, 0.15) is 55.6 Å². The Kier molecular flexibility index (Phi) is 5.00. The van der Waals surface area contributed by atoms with E-state index in [0.717, 1.165) is 44.9 Å². The number of likely N-dealkylation sites (tertiary alicyclic amines) is 1. The first-order chi connectivity index (χ1) is 13.0. The second-order valence-electron chi connectivity index (χ2n) is 7.12. The van der Waals surface area contributed by atoms with E-state index in [-0.39, 0.29) is 28.6 Å². The maximum absolute atomic E-state index is 12.6. The van der Waals surface area contributed by atoms with Gasteiger partial charge in [-0.1, -0.05) is 19.3 Å². The van der Waals surface area contributed by atoms with E-state index in [1.165, 1.54) is 12.3 Å². The summed E-state index contributed by atoms with van der Waals surface area (Å²) in [5.41, 5.74) is 0.368. The van der Waals surface area contributed by atoms with E-state index >= 15 is 0 Å². The minimum atomic E-state index is -3.62. The molecule has 1 saturated carbocycles. The van der Waals surface area contributed by atoms with Crippen LogP contribution in [0.5, 0.6) is 0 Å². The lowest BCUT2D eigenvalue weighted by molar-refractivity contribution is 0.0754. The Balaban J connectivity index is 1.48. The Morgan fingerprint density at radius 2 is 1.89 bits per heavy atom. The summed E-state index contributed by atoms with van der Waals surface area (Å²) in [6.07, 6.45) is 8.30. The predicted octanol–water partition coefficient (Wildman–Crippen LogP) is 1.91. The van der Waals surface area contributed by atoms with Crippen LogP contribution in [0.2, 0.25) is 0 Å². The third kappa shape index (κ3) is 3.91. The molecule has 2 N–H and O–H groups in total. The summed E-state index contributed by atoms with van der Waals surface area (Å²) in [7, 11) is -3.62. The third-order valence-electron chi connectivity index (χ3n) is 5.13. The summed E-state index contributed by atoms with van der Waals surface area (Å²) in [5.74, 6) is -0.271. The topological polar surface area (TPSA) is 121 Å². The van der Waals surface area contributed by atoms with Gasteiger partial charge >= 0.3 is 11.8 Å². The molecule has 2 aromatic heterocycles. The first-order valence-electron chi connectivity index (χ1n) is 9.37. The zero-order chi connectivity index (χ0) is 18.9. The van der Waals surface area contributed by atoms with Crippen LogP contribution >= 0.6 is 0 Å². The van der Waals surface area contributed by atoms with Crippen molar-refractivity contribution in [2.75, 3.05) is 13.1 Å². The number of aromatic amines is 1. The number of amides is 1. The Morgan fingerprint density at radius 1 is 1.15 bits per heavy atom. The molecule has 146 valence electrons. The van der Waals surface area contributed by atoms with Gasteiger partial charge in [0.25, 0.3) is 5.89 Å². The van der Waals surface area contributed by atoms with E-state index < -0.39 is 10.0 Å². The molecule has 1 saturated heterocycles. The molecule has 2 aromatic rings. The number of carbonyl (C=O) groups excluding carboxylic acids is 1. The summed E-state index contributed by atoms with van der Waals surface area (Å²) in [5, 5.41) is 7.69. The molecule has 0 unspecified atom stereocenters. The summed E-state index contributed by atoms with van der Waals surface area (Å²) in [6, 6.07) is 1.43. The normalized spacial score (nSPS) is 18.9. The summed E-state index contributed by atoms with van der Waals surface area (Å²) >= 11 is 0. The zero-order valence-corrected chi connectivity index (χ0v) is 15.8. The van der Waals surface area contributed by atoms with Crippen LogP contribution in [0.15, 0.2) is 21.6 Å². The number of aromatic nitrogens is 3. The van der Waals surface area contributed by atoms with Crippen LogP contribution in [-0.2, 0) is 10.0 Å². The van der Waals surface area contributed by atoms with Crippen LogP contribution in [0.25, 0.3) is 11.6 Å². The van der Waals surface area contributed by atoms with Crippen molar-refractivity contribution in [3.63, 3.8) is 0 Å². The first-order valence-corrected chi connectivity index (χ1v) is 10.9. The molecule has 9 nitrogen and oxygen atoms in total. The fraction of sp³-hybridized carbons (Fsp3) is 0.588. The maximum Gasteiger partial charge on any atom is 0.311 e. The Bertz CT molecular complexity index is 907. The zero-order valence-electron chi connectivity index (χ0n) is 15.0. The van der Waals surface area contributed by atoms with Crippen molar-refractivity contribution >= 4 is 15.9 Å². The minimum Gasteiger partial charge on any atom is -0.411 e. The fourth-order valence-electron chi connectivity index (χ4n) is 3.63. The highest BCUT2D eigenvalue weighted by atomic mass is 32.2. The van der Waals surface area contributed by atoms with Gasteiger partial charge < -0.3 is 14.3 Å². The highest BCUT2D eigenvalue weighted by Gasteiger charge is 2.26. The van der Waals surface area contributed by atoms with E-state index in [1.54, 1.807) is 4.90 Å². The van der Waals surface area contributed by atoms with E-state index in [4.69, 9.17) is 4.42 Å². The molecule has 1 aliphatic carbocycles. The van der Waals surface area contributed by atoms with Gasteiger partial charge in [-0.25, -0.2) is 13.1 Å². The predicted molar refractivity (Wildman–Crippen MR) is 96.4 cm³/mol. The summed E-state index contributed by atoms with van der Waals surface area (Å²) < 4.78 is 33.4. The average molecular weight is 393 g/mol. The van der Waals surface area contributed by atoms with Crippen molar-refractivity contribution in [1.29, 1.82) is 0 Å². The molecule has 2 aliphatic rings. The van der Waals surface area contributed by atoms with Crippen LogP contribution in [-0.4, -0.2) is 53.5 Å². The van der Waals surface area contributed by atoms with Gasteiger partial charge in [0.15, 0.2) is 0 Å². The molecule has 27 heavy (non-hydrogen) atoms. The van der Waals surface area contributed by atoms with Gasteiger partial charge in [0.05, 0.1) is 0 Å². The molecule has 1 aliphatic heterocycles. The molecule has 0 spiro atoms. The second-order valence-corrected chi connectivity index (χ2v) is 8.83. The van der Waals surface area contributed by atoms with Crippen molar-refractivity contribution < 1.29 is 17.6 Å². The second kappa shape index (κ2) is 7.43. The van der Waals surface area contributed by atoms with Gasteiger partial charge in [0.2, 0.25) is 10.0 Å². The first kappa shape index (κ1) is 18.2. The lowest BCUT2D eigenvalue weighted by Gasteiger charge is -2.22. The molecular weight excluding hydrogens is 370 g/mol. The Hall–Kier alpha value is -2.20. The van der Waals surface area contributed by atoms with Gasteiger partial charge in [-0.05, 0) is 31.7 Å². The van der Waals surface area contributed by atoms with Crippen LogP contribution in [0.4, 0.5) is 0 Å². The van der Waals surface area contributed by atoms with Crippen molar-refractivity contribution in [3.8, 4) is 11.6 Å². The molecule has 1 amide bonds. The molecule has 4 rings (SSSR count). The number of H-pyrrole nitrogens is 1. The van der Waals surface area contributed by atoms with Crippen LogP contribution < -0.4 is 4.72 Å². The standard InChI is InChI=1S/C17H23N5O4S/c23-17(22-8-4-5-9-22)16-20-19-15(26-16)14-10-13(11-18-14)27(24,25)21-12-6-2-1-3-7-12/h10-12,18,21H,1-9H2. The van der Waals surface area contributed by atoms with E-state index in [0.29, 0.717) is 18.8 Å². The van der Waals surface area contributed by atoms with Gasteiger partial charge in [0, 0.05) is 25.3 Å². The lowest BCUT2D eigenvalue weighted by atomic mass is 9.96. The van der Waals surface area contributed by atoms with Gasteiger partial charge in [-0.2, -0.15) is 0 Å². The van der Waals surface area contributed by atoms with E-state index in [2.05, 4.69) is 19.9 Å². The van der Waals surface area contributed by atoms with Crippen molar-refractivity contribution in [2.45, 2.75) is 55.9 Å². The molecular formula is C17H23N5O4S. The largest absolute Gasteiger partial charge is 0.411 e. The smallest absolute Gasteiger partial charge is 0.311 e. The van der Waals surface area contributed by atoms with Crippen LogP contribution in [0, 0.1) is 0 Å². The number of hydrogen-bond donors (Lipinski definition) is 2. The molecule has 0 atom stereocenters. The highest BCUT2D eigenvalue weighted by molar-refractivity contribution is 7.89. The van der Waals surface area contributed by atoms with Crippen molar-refractivity contribution in [1.82, 2.24) is 24.8 Å². The van der Waals surface area contributed by atoms with Crippen LogP contribution in [0.3, 0.4) is 0 Å². The van der Waals surface area contributed by atoms with Gasteiger partial charge in [-0.15, -0.1) is 10.2 Å². The SMILES string of the molecule is O=C(c1nnc(-c2cc(S(=O)(=O)NC3CCCCC3)c[nH]2)o1)N1CCCC1. The van der Waals surface area contributed by atoms with Gasteiger partial charge in [0.1, 0.15) is 10.6 Å². The highest BCUT2D eigenvalue weighted by Crippen LogP contribution is 2.24. The minimum absolute atomic E-state index is 0.0183. The molecule has 3 heterocycles. The maximum atomic E-state index is 12.6. The van der Waals surface area contributed by atoms with Crippen molar-refractivity contribution in [3.05, 3.63) is 18.2 Å². The molecule has 10 heteroatoms. The number of nitrogens with one attached hydrogen (secondary N) is 2. The summed E-state index contributed by atoms with van der Waals surface area (Å²) in [6.45, 7) is 1.38. The molecule has 0 bridgehead atoms. The molecule has 2 fully saturated rings. The number of sulfonamides is 1. The fourth-order valence-corrected chi connectivity index (χ4v) is 4.93. The van der Waals surface area contributed by atoms with Gasteiger partial charge in [-0.3, -0.25) is 4.79 Å². The van der Waals surface area contributed by atoms with E-state index in [9.17, 15) is 13.2 Å². The number of carbonyl (C=O) groups is 1. The molecule has 0 aromatic carbocycles. The van der Waals surface area contributed by atoms with Crippen molar-refractivity contribution in [2.24, 2.45) is 0 Å². The monoisotopic (exact) mass is 393 g/mol. The quantitative estimate of drug-likeness (QED) is 0.800. The number of hydrogen-bond acceptors (Lipinski definition) is 6. The third-order valence-corrected chi connectivity index (χ3v) is 6.63. The Morgan fingerprint density at radius 3 is 2.63 bits per heavy atom. The average Bonchev–Trinajstić information content (AvgIpc) is 3.42. The Labute approximate surface area is 157 Å². The summed E-state index contributed by atoms with van der Waals surface area (Å²) in [4.78, 5) is 16.9. The van der Waals surface area contributed by atoms with E-state index in [1.807, 2.05) is 0 Å². The lowest BCUT2D eigenvalue weighted by Crippen LogP contribution is -2.35. The number of rotatable bonds is 5. The number of nitrogens with zero attached hydrogens (tertiary/aromatic N) is 3. The molecule has 0 radical (unpaired) electrons.